The maximum Gasteiger partial charge on any atom is 0.226 e. The van der Waals surface area contributed by atoms with Gasteiger partial charge in [-0.1, -0.05) is 30.3 Å². The fourth-order valence-electron chi connectivity index (χ4n) is 4.17. The van der Waals surface area contributed by atoms with Crippen LogP contribution in [0.4, 0.5) is 5.95 Å². The standard InChI is InChI=1S/C21H18N4O3/c26-14-7-5-12(6-8-14)20-19-16(24-21-22-11-23-25(20)21)9-13(10-18(19)28)15-3-1-2-4-17(15)27/h1-8,11,13,20,26-27H,9-10H2,(H,22,23,24)/t13-,20+/m1/s1. The molecule has 0 spiro atoms. The van der Waals surface area contributed by atoms with Gasteiger partial charge in [0.15, 0.2) is 5.78 Å². The molecule has 28 heavy (non-hydrogen) atoms. The number of benzene rings is 2. The van der Waals surface area contributed by atoms with Gasteiger partial charge in [-0.25, -0.2) is 4.68 Å². The summed E-state index contributed by atoms with van der Waals surface area (Å²) in [5.41, 5.74) is 3.10. The van der Waals surface area contributed by atoms with Crippen molar-refractivity contribution in [2.24, 2.45) is 0 Å². The number of ketones is 1. The molecule has 1 aromatic heterocycles. The Morgan fingerprint density at radius 2 is 1.82 bits per heavy atom. The summed E-state index contributed by atoms with van der Waals surface area (Å²) in [5, 5.41) is 27.4. The lowest BCUT2D eigenvalue weighted by Gasteiger charge is -2.35. The van der Waals surface area contributed by atoms with E-state index in [1.807, 2.05) is 12.1 Å². The van der Waals surface area contributed by atoms with Gasteiger partial charge in [-0.3, -0.25) is 4.79 Å². The maximum absolute atomic E-state index is 13.2. The normalized spacial score (nSPS) is 21.1. The van der Waals surface area contributed by atoms with Gasteiger partial charge in [-0.15, -0.1) is 0 Å². The van der Waals surface area contributed by atoms with Crippen LogP contribution in [0, 0.1) is 0 Å². The number of anilines is 1. The molecule has 0 bridgehead atoms. The molecule has 0 saturated carbocycles. The number of hydrogen-bond donors (Lipinski definition) is 3. The lowest BCUT2D eigenvalue weighted by Crippen LogP contribution is -2.33. The van der Waals surface area contributed by atoms with Gasteiger partial charge in [-0.2, -0.15) is 10.1 Å². The second kappa shape index (κ2) is 6.23. The van der Waals surface area contributed by atoms with Crippen molar-refractivity contribution in [1.82, 2.24) is 14.8 Å². The number of phenols is 2. The molecule has 2 atom stereocenters. The molecule has 0 radical (unpaired) electrons. The zero-order chi connectivity index (χ0) is 19.3. The molecule has 140 valence electrons. The fourth-order valence-corrected chi connectivity index (χ4v) is 4.17. The van der Waals surface area contributed by atoms with Gasteiger partial charge in [0, 0.05) is 23.6 Å². The van der Waals surface area contributed by atoms with Crippen molar-refractivity contribution >= 4 is 11.7 Å². The molecule has 7 nitrogen and oxygen atoms in total. The predicted octanol–water partition coefficient (Wildman–Crippen LogP) is 3.11. The minimum absolute atomic E-state index is 0.0150. The summed E-state index contributed by atoms with van der Waals surface area (Å²) in [6, 6.07) is 13.6. The van der Waals surface area contributed by atoms with Gasteiger partial charge in [0.1, 0.15) is 23.9 Å². The molecule has 3 aromatic rings. The Bertz CT molecular complexity index is 1100. The highest BCUT2D eigenvalue weighted by molar-refractivity contribution is 6.00. The maximum atomic E-state index is 13.2. The second-order valence-electron chi connectivity index (χ2n) is 7.13. The van der Waals surface area contributed by atoms with E-state index < -0.39 is 6.04 Å². The van der Waals surface area contributed by atoms with Gasteiger partial charge in [0.05, 0.1) is 0 Å². The van der Waals surface area contributed by atoms with Gasteiger partial charge in [0.25, 0.3) is 0 Å². The molecular formula is C21H18N4O3. The van der Waals surface area contributed by atoms with Crippen molar-refractivity contribution in [3.8, 4) is 11.5 Å². The Kier molecular flexibility index (Phi) is 3.68. The highest BCUT2D eigenvalue weighted by Crippen LogP contribution is 2.45. The van der Waals surface area contributed by atoms with Crippen molar-refractivity contribution < 1.29 is 15.0 Å². The zero-order valence-corrected chi connectivity index (χ0v) is 14.9. The molecule has 2 aromatic carbocycles. The van der Waals surface area contributed by atoms with E-state index in [0.717, 1.165) is 16.8 Å². The summed E-state index contributed by atoms with van der Waals surface area (Å²) in [5.74, 6) is 0.859. The van der Waals surface area contributed by atoms with E-state index in [0.29, 0.717) is 24.4 Å². The summed E-state index contributed by atoms with van der Waals surface area (Å²) < 4.78 is 1.70. The minimum atomic E-state index is -0.396. The van der Waals surface area contributed by atoms with E-state index >= 15 is 0 Å². The number of phenolic OH excluding ortho intramolecular Hbond substituents is 2. The first-order valence-electron chi connectivity index (χ1n) is 9.11. The van der Waals surface area contributed by atoms with E-state index in [4.69, 9.17) is 0 Å². The van der Waals surface area contributed by atoms with Crippen LogP contribution >= 0.6 is 0 Å². The third-order valence-electron chi connectivity index (χ3n) is 5.45. The third-order valence-corrected chi connectivity index (χ3v) is 5.45. The van der Waals surface area contributed by atoms with Gasteiger partial charge in [0.2, 0.25) is 5.95 Å². The average Bonchev–Trinajstić information content (AvgIpc) is 3.15. The van der Waals surface area contributed by atoms with Crippen molar-refractivity contribution in [2.75, 3.05) is 5.32 Å². The first-order valence-corrected chi connectivity index (χ1v) is 9.11. The molecule has 0 unspecified atom stereocenters. The van der Waals surface area contributed by atoms with E-state index in [1.165, 1.54) is 6.33 Å². The quantitative estimate of drug-likeness (QED) is 0.637. The zero-order valence-electron chi connectivity index (χ0n) is 14.9. The molecule has 2 aliphatic rings. The number of Topliss-reactive ketones (excluding diaryl/α,β-unsaturated/α-hetero) is 1. The second-order valence-corrected chi connectivity index (χ2v) is 7.13. The molecule has 7 heteroatoms. The smallest absolute Gasteiger partial charge is 0.226 e. The molecule has 3 N–H and O–H groups in total. The number of aromatic hydroxyl groups is 2. The Hall–Kier alpha value is -3.61. The van der Waals surface area contributed by atoms with Crippen LogP contribution in [0.1, 0.15) is 35.9 Å². The highest BCUT2D eigenvalue weighted by atomic mass is 16.3. The number of nitrogens with one attached hydrogen (secondary N) is 1. The SMILES string of the molecule is O=C1C[C@H](c2ccccc2O)CC2=C1[C@H](c1ccc(O)cc1)n1ncnc1N2. The van der Waals surface area contributed by atoms with Crippen molar-refractivity contribution in [2.45, 2.75) is 24.8 Å². The molecule has 0 saturated heterocycles. The van der Waals surface area contributed by atoms with E-state index in [1.54, 1.807) is 41.1 Å². The number of hydrogen-bond acceptors (Lipinski definition) is 6. The fraction of sp³-hybridized carbons (Fsp3) is 0.190. The highest BCUT2D eigenvalue weighted by Gasteiger charge is 2.39. The van der Waals surface area contributed by atoms with E-state index in [2.05, 4.69) is 15.4 Å². The number of carbonyl (C=O) groups is 1. The summed E-state index contributed by atoms with van der Waals surface area (Å²) in [7, 11) is 0. The average molecular weight is 374 g/mol. The summed E-state index contributed by atoms with van der Waals surface area (Å²) in [4.78, 5) is 17.5. The summed E-state index contributed by atoms with van der Waals surface area (Å²) >= 11 is 0. The number of nitrogens with zero attached hydrogens (tertiary/aromatic N) is 3. The monoisotopic (exact) mass is 374 g/mol. The lowest BCUT2D eigenvalue weighted by molar-refractivity contribution is -0.116. The Morgan fingerprint density at radius 3 is 2.61 bits per heavy atom. The molecular weight excluding hydrogens is 356 g/mol. The number of fused-ring (bicyclic) bond motifs is 1. The topological polar surface area (TPSA) is 100 Å². The largest absolute Gasteiger partial charge is 0.508 e. The molecule has 0 fully saturated rings. The molecule has 0 amide bonds. The van der Waals surface area contributed by atoms with Gasteiger partial charge in [-0.05, 0) is 35.7 Å². The molecule has 1 aliphatic carbocycles. The number of rotatable bonds is 2. The van der Waals surface area contributed by atoms with Crippen LogP contribution in [0.2, 0.25) is 0 Å². The molecule has 1 aliphatic heterocycles. The Balaban J connectivity index is 1.61. The van der Waals surface area contributed by atoms with Crippen molar-refractivity contribution in [3.05, 3.63) is 77.3 Å². The summed E-state index contributed by atoms with van der Waals surface area (Å²) in [6.07, 6.45) is 2.37. The predicted molar refractivity (Wildman–Crippen MR) is 102 cm³/mol. The number of allylic oxidation sites excluding steroid dienone is 2. The van der Waals surface area contributed by atoms with Crippen molar-refractivity contribution in [3.63, 3.8) is 0 Å². The van der Waals surface area contributed by atoms with Gasteiger partial charge >= 0.3 is 0 Å². The first kappa shape index (κ1) is 16.6. The minimum Gasteiger partial charge on any atom is -0.508 e. The van der Waals surface area contributed by atoms with Gasteiger partial charge < -0.3 is 15.5 Å². The van der Waals surface area contributed by atoms with Crippen LogP contribution in [0.15, 0.2) is 66.1 Å². The number of aromatic nitrogens is 3. The van der Waals surface area contributed by atoms with Crippen LogP contribution in [-0.2, 0) is 4.79 Å². The van der Waals surface area contributed by atoms with E-state index in [9.17, 15) is 15.0 Å². The van der Waals surface area contributed by atoms with Crippen LogP contribution in [-0.4, -0.2) is 30.8 Å². The van der Waals surface area contributed by atoms with Crippen molar-refractivity contribution in [1.29, 1.82) is 0 Å². The number of para-hydroxylation sites is 1. The van der Waals surface area contributed by atoms with Crippen LogP contribution in [0.25, 0.3) is 0 Å². The Labute approximate surface area is 161 Å². The van der Waals surface area contributed by atoms with Crippen LogP contribution in [0.5, 0.6) is 11.5 Å². The summed E-state index contributed by atoms with van der Waals surface area (Å²) in [6.45, 7) is 0. The molecule has 2 heterocycles. The molecule has 5 rings (SSSR count). The first-order chi connectivity index (χ1) is 13.6. The van der Waals surface area contributed by atoms with Crippen LogP contribution < -0.4 is 5.32 Å². The Morgan fingerprint density at radius 1 is 1.04 bits per heavy atom. The third kappa shape index (κ3) is 2.55. The van der Waals surface area contributed by atoms with Crippen LogP contribution in [0.3, 0.4) is 0 Å². The number of carbonyl (C=O) groups excluding carboxylic acids is 1. The van der Waals surface area contributed by atoms with E-state index in [-0.39, 0.29) is 23.2 Å². The lowest BCUT2D eigenvalue weighted by atomic mass is 9.77.